The highest BCUT2D eigenvalue weighted by Crippen LogP contribution is 2.07. The van der Waals surface area contributed by atoms with Gasteiger partial charge < -0.3 is 15.3 Å². The summed E-state index contributed by atoms with van der Waals surface area (Å²) in [6.45, 7) is 4.58. The molecular weight excluding hydrogens is 280 g/mol. The van der Waals surface area contributed by atoms with Gasteiger partial charge in [0.05, 0.1) is 18.5 Å². The fourth-order valence-electron chi connectivity index (χ4n) is 2.02. The van der Waals surface area contributed by atoms with Gasteiger partial charge in [0.25, 0.3) is 0 Å². The van der Waals surface area contributed by atoms with Crippen LogP contribution in [-0.2, 0) is 6.54 Å². The van der Waals surface area contributed by atoms with Crippen LogP contribution in [0.1, 0.15) is 5.56 Å². The molecule has 1 aromatic heterocycles. The topological polar surface area (TPSA) is 70.4 Å². The summed E-state index contributed by atoms with van der Waals surface area (Å²) in [5.74, 6) is 0. The molecule has 1 heterocycles. The Bertz CT molecular complexity index is 610. The average molecular weight is 300 g/mol. The Morgan fingerprint density at radius 1 is 1.41 bits per heavy atom. The number of nitrogens with one attached hydrogen (secondary N) is 1. The molecule has 0 saturated carbocycles. The number of aromatic nitrogens is 2. The van der Waals surface area contributed by atoms with Gasteiger partial charge in [-0.05, 0) is 12.1 Å². The van der Waals surface area contributed by atoms with Crippen molar-refractivity contribution in [2.45, 2.75) is 6.54 Å². The van der Waals surface area contributed by atoms with Crippen molar-refractivity contribution in [3.8, 4) is 5.69 Å². The van der Waals surface area contributed by atoms with Gasteiger partial charge in [-0.1, -0.05) is 24.3 Å². The van der Waals surface area contributed by atoms with Gasteiger partial charge in [0.2, 0.25) is 0 Å². The molecule has 0 fully saturated rings. The molecule has 0 aliphatic heterocycles. The quantitative estimate of drug-likeness (QED) is 0.762. The van der Waals surface area contributed by atoms with Gasteiger partial charge >= 0.3 is 6.03 Å². The molecular formula is C16H20N4O2. The van der Waals surface area contributed by atoms with Crippen LogP contribution >= 0.6 is 0 Å². The van der Waals surface area contributed by atoms with Crippen LogP contribution < -0.4 is 5.32 Å². The summed E-state index contributed by atoms with van der Waals surface area (Å²) in [6.07, 6.45) is 5.22. The number of carbonyl (C=O) groups excluding carboxylic acids is 1. The van der Waals surface area contributed by atoms with E-state index < -0.39 is 0 Å². The fourth-order valence-corrected chi connectivity index (χ4v) is 2.02. The molecule has 2 rings (SSSR count). The number of benzene rings is 1. The largest absolute Gasteiger partial charge is 0.395 e. The third-order valence-electron chi connectivity index (χ3n) is 3.11. The first-order chi connectivity index (χ1) is 10.7. The second-order valence-corrected chi connectivity index (χ2v) is 4.75. The highest BCUT2D eigenvalue weighted by atomic mass is 16.3. The predicted octanol–water partition coefficient (Wildman–Crippen LogP) is 1.56. The van der Waals surface area contributed by atoms with Crippen molar-refractivity contribution >= 4 is 6.03 Å². The third kappa shape index (κ3) is 4.20. The predicted molar refractivity (Wildman–Crippen MR) is 84.7 cm³/mol. The number of aliphatic hydroxyl groups excluding tert-OH is 1. The maximum Gasteiger partial charge on any atom is 0.318 e. The number of carbonyl (C=O) groups is 1. The zero-order valence-corrected chi connectivity index (χ0v) is 12.4. The smallest absolute Gasteiger partial charge is 0.318 e. The molecule has 116 valence electrons. The molecule has 1 aromatic carbocycles. The van der Waals surface area contributed by atoms with Crippen LogP contribution in [-0.4, -0.2) is 45.5 Å². The summed E-state index contributed by atoms with van der Waals surface area (Å²) in [4.78, 5) is 13.5. The minimum Gasteiger partial charge on any atom is -0.395 e. The summed E-state index contributed by atoms with van der Waals surface area (Å²) >= 11 is 0. The second-order valence-electron chi connectivity index (χ2n) is 4.75. The minimum absolute atomic E-state index is 0.0762. The Morgan fingerprint density at radius 3 is 2.86 bits per heavy atom. The molecule has 0 saturated heterocycles. The van der Waals surface area contributed by atoms with Crippen LogP contribution in [0.2, 0.25) is 0 Å². The Kier molecular flexibility index (Phi) is 5.73. The van der Waals surface area contributed by atoms with Crippen LogP contribution in [0, 0.1) is 0 Å². The molecule has 0 aliphatic rings. The van der Waals surface area contributed by atoms with Crippen molar-refractivity contribution in [2.24, 2.45) is 0 Å². The summed E-state index contributed by atoms with van der Waals surface area (Å²) in [5, 5.41) is 16.0. The lowest BCUT2D eigenvalue weighted by atomic mass is 10.3. The van der Waals surface area contributed by atoms with Gasteiger partial charge in [-0.25, -0.2) is 9.48 Å². The monoisotopic (exact) mass is 300 g/mol. The summed E-state index contributed by atoms with van der Waals surface area (Å²) in [5.41, 5.74) is 1.87. The lowest BCUT2D eigenvalue weighted by Crippen LogP contribution is -2.41. The normalized spacial score (nSPS) is 10.2. The van der Waals surface area contributed by atoms with Gasteiger partial charge in [0, 0.05) is 31.4 Å². The number of hydrogen-bond donors (Lipinski definition) is 2. The zero-order valence-electron chi connectivity index (χ0n) is 12.4. The molecule has 0 spiro atoms. The first kappa shape index (κ1) is 15.8. The summed E-state index contributed by atoms with van der Waals surface area (Å²) < 4.78 is 1.76. The SMILES string of the molecule is C=CCN(CCO)C(=O)NCc1cnn(-c2ccccc2)c1. The van der Waals surface area contributed by atoms with Crippen LogP contribution in [0.4, 0.5) is 4.79 Å². The van der Waals surface area contributed by atoms with Crippen molar-refractivity contribution in [3.63, 3.8) is 0 Å². The number of rotatable bonds is 7. The Balaban J connectivity index is 1.93. The first-order valence-electron chi connectivity index (χ1n) is 7.08. The maximum absolute atomic E-state index is 12.0. The van der Waals surface area contributed by atoms with Crippen molar-refractivity contribution in [2.75, 3.05) is 19.7 Å². The Hall–Kier alpha value is -2.60. The third-order valence-corrected chi connectivity index (χ3v) is 3.11. The van der Waals surface area contributed by atoms with E-state index in [-0.39, 0.29) is 19.2 Å². The highest BCUT2D eigenvalue weighted by Gasteiger charge is 2.11. The number of nitrogens with zero attached hydrogens (tertiary/aromatic N) is 3. The van der Waals surface area contributed by atoms with Crippen molar-refractivity contribution in [1.29, 1.82) is 0 Å². The number of hydrogen-bond acceptors (Lipinski definition) is 3. The van der Waals surface area contributed by atoms with E-state index >= 15 is 0 Å². The highest BCUT2D eigenvalue weighted by molar-refractivity contribution is 5.74. The fraction of sp³-hybridized carbons (Fsp3) is 0.250. The minimum atomic E-state index is -0.235. The molecule has 2 aromatic rings. The standard InChI is InChI=1S/C16H20N4O2/c1-2-8-19(9-10-21)16(22)17-11-14-12-18-20(13-14)15-6-4-3-5-7-15/h2-7,12-13,21H,1,8-11H2,(H,17,22). The second kappa shape index (κ2) is 7.99. The number of amides is 2. The van der Waals surface area contributed by atoms with E-state index in [0.29, 0.717) is 13.1 Å². The molecule has 2 N–H and O–H groups in total. The molecule has 6 heteroatoms. The Morgan fingerprint density at radius 2 is 2.18 bits per heavy atom. The van der Waals surface area contributed by atoms with E-state index in [9.17, 15) is 4.79 Å². The molecule has 0 unspecified atom stereocenters. The van der Waals surface area contributed by atoms with Crippen LogP contribution in [0.3, 0.4) is 0 Å². The van der Waals surface area contributed by atoms with Crippen LogP contribution in [0.15, 0.2) is 55.4 Å². The molecule has 0 aliphatic carbocycles. The summed E-state index contributed by atoms with van der Waals surface area (Å²) in [7, 11) is 0. The average Bonchev–Trinajstić information content (AvgIpc) is 3.02. The van der Waals surface area contributed by atoms with E-state index in [1.807, 2.05) is 36.5 Å². The van der Waals surface area contributed by atoms with E-state index in [2.05, 4.69) is 17.0 Å². The number of para-hydroxylation sites is 1. The molecule has 0 bridgehead atoms. The Labute approximate surface area is 129 Å². The number of aliphatic hydroxyl groups is 1. The maximum atomic E-state index is 12.0. The number of urea groups is 1. The van der Waals surface area contributed by atoms with E-state index in [4.69, 9.17) is 5.11 Å². The van der Waals surface area contributed by atoms with Gasteiger partial charge in [-0.3, -0.25) is 0 Å². The van der Waals surface area contributed by atoms with Crippen LogP contribution in [0.5, 0.6) is 0 Å². The zero-order chi connectivity index (χ0) is 15.8. The van der Waals surface area contributed by atoms with Gasteiger partial charge in [-0.2, -0.15) is 5.10 Å². The molecule has 0 radical (unpaired) electrons. The van der Waals surface area contributed by atoms with E-state index in [1.54, 1.807) is 17.0 Å². The molecule has 0 atom stereocenters. The van der Waals surface area contributed by atoms with E-state index in [0.717, 1.165) is 11.3 Å². The first-order valence-corrected chi connectivity index (χ1v) is 7.08. The van der Waals surface area contributed by atoms with Crippen molar-refractivity contribution in [1.82, 2.24) is 20.0 Å². The summed E-state index contributed by atoms with van der Waals surface area (Å²) in [6, 6.07) is 9.52. The van der Waals surface area contributed by atoms with Crippen molar-refractivity contribution < 1.29 is 9.90 Å². The molecule has 2 amide bonds. The van der Waals surface area contributed by atoms with Gasteiger partial charge in [0.15, 0.2) is 0 Å². The lowest BCUT2D eigenvalue weighted by Gasteiger charge is -2.20. The molecule has 22 heavy (non-hydrogen) atoms. The van der Waals surface area contributed by atoms with Crippen molar-refractivity contribution in [3.05, 3.63) is 60.9 Å². The van der Waals surface area contributed by atoms with Gasteiger partial charge in [-0.15, -0.1) is 6.58 Å². The molecule has 6 nitrogen and oxygen atoms in total. The van der Waals surface area contributed by atoms with E-state index in [1.165, 1.54) is 4.90 Å². The lowest BCUT2D eigenvalue weighted by molar-refractivity contribution is 0.183. The van der Waals surface area contributed by atoms with Gasteiger partial charge in [0.1, 0.15) is 0 Å². The van der Waals surface area contributed by atoms with Crippen LogP contribution in [0.25, 0.3) is 5.69 Å².